The van der Waals surface area contributed by atoms with Gasteiger partial charge in [0.15, 0.2) is 0 Å². The lowest BCUT2D eigenvalue weighted by atomic mass is 10.1. The predicted molar refractivity (Wildman–Crippen MR) is 87.1 cm³/mol. The molecule has 1 aromatic heterocycles. The van der Waals surface area contributed by atoms with Crippen LogP contribution in [0.1, 0.15) is 19.0 Å². The van der Waals surface area contributed by atoms with Crippen molar-refractivity contribution in [3.8, 4) is 0 Å². The Kier molecular flexibility index (Phi) is 4.13. The summed E-state index contributed by atoms with van der Waals surface area (Å²) in [5.74, 6) is 0. The molecule has 2 aromatic rings. The number of amides is 1. The molecule has 1 fully saturated rings. The lowest BCUT2D eigenvalue weighted by molar-refractivity contribution is 0.133. The van der Waals surface area contributed by atoms with Crippen molar-refractivity contribution >= 4 is 22.7 Å². The van der Waals surface area contributed by atoms with E-state index >= 15 is 0 Å². The van der Waals surface area contributed by atoms with Crippen molar-refractivity contribution in [2.45, 2.75) is 25.8 Å². The van der Waals surface area contributed by atoms with Gasteiger partial charge in [-0.2, -0.15) is 0 Å². The van der Waals surface area contributed by atoms with Crippen LogP contribution in [0.15, 0.2) is 30.3 Å². The molecule has 0 aliphatic carbocycles. The Balaban J connectivity index is 1.83. The Morgan fingerprint density at radius 3 is 3.05 bits per heavy atom. The second-order valence-corrected chi connectivity index (χ2v) is 5.58. The molecule has 0 radical (unpaired) electrons. The first-order valence-corrected chi connectivity index (χ1v) is 7.69. The topological polar surface area (TPSA) is 54.5 Å². The molecule has 1 aliphatic heterocycles. The van der Waals surface area contributed by atoms with Crippen LogP contribution in [0.25, 0.3) is 10.9 Å². The van der Waals surface area contributed by atoms with Crippen LogP contribution >= 0.6 is 0 Å². The first-order chi connectivity index (χ1) is 10.7. The van der Waals surface area contributed by atoms with Gasteiger partial charge < -0.3 is 15.0 Å². The summed E-state index contributed by atoms with van der Waals surface area (Å²) in [6, 6.07) is 10.5. The molecule has 1 N–H and O–H groups in total. The number of anilines is 1. The minimum atomic E-state index is -0.252. The average Bonchev–Trinajstić information content (AvgIpc) is 3.02. The third kappa shape index (κ3) is 2.84. The van der Waals surface area contributed by atoms with E-state index in [0.29, 0.717) is 6.54 Å². The van der Waals surface area contributed by atoms with Gasteiger partial charge in [-0.3, -0.25) is 4.98 Å². The van der Waals surface area contributed by atoms with Crippen LogP contribution in [0.5, 0.6) is 0 Å². The number of nitrogens with one attached hydrogen (secondary N) is 1. The number of aromatic nitrogens is 1. The Morgan fingerprint density at radius 2 is 2.27 bits per heavy atom. The van der Waals surface area contributed by atoms with Gasteiger partial charge in [-0.25, -0.2) is 4.79 Å². The van der Waals surface area contributed by atoms with Crippen LogP contribution in [0.2, 0.25) is 0 Å². The molecule has 0 bridgehead atoms. The number of hydrogen-bond donors (Lipinski definition) is 1. The number of para-hydroxylation sites is 1. The Bertz CT molecular complexity index is 687. The van der Waals surface area contributed by atoms with Gasteiger partial charge in [-0.1, -0.05) is 25.1 Å². The zero-order chi connectivity index (χ0) is 15.5. The summed E-state index contributed by atoms with van der Waals surface area (Å²) in [5, 5.41) is 4.70. The molecular formula is C17H21N3O2. The molecule has 22 heavy (non-hydrogen) atoms. The number of fused-ring (bicyclic) bond motifs is 1. The quantitative estimate of drug-likeness (QED) is 0.946. The van der Waals surface area contributed by atoms with Crippen LogP contribution in [-0.2, 0) is 11.2 Å². The lowest BCUT2D eigenvalue weighted by Crippen LogP contribution is -2.31. The molecule has 116 valence electrons. The van der Waals surface area contributed by atoms with Crippen LogP contribution in [0.4, 0.5) is 10.5 Å². The van der Waals surface area contributed by atoms with E-state index in [9.17, 15) is 4.79 Å². The number of methoxy groups -OCH3 is 1. The van der Waals surface area contributed by atoms with Gasteiger partial charge in [-0.15, -0.1) is 0 Å². The molecule has 0 spiro atoms. The summed E-state index contributed by atoms with van der Waals surface area (Å²) in [6.45, 7) is 3.51. The Labute approximate surface area is 130 Å². The smallest absolute Gasteiger partial charge is 0.409 e. The van der Waals surface area contributed by atoms with Crippen molar-refractivity contribution in [3.05, 3.63) is 36.0 Å². The van der Waals surface area contributed by atoms with Gasteiger partial charge in [0.2, 0.25) is 0 Å². The van der Waals surface area contributed by atoms with Crippen molar-refractivity contribution < 1.29 is 9.53 Å². The van der Waals surface area contributed by atoms with Crippen molar-refractivity contribution in [3.63, 3.8) is 0 Å². The van der Waals surface area contributed by atoms with Crippen molar-refractivity contribution in [1.29, 1.82) is 0 Å². The van der Waals surface area contributed by atoms with Gasteiger partial charge in [0.25, 0.3) is 0 Å². The molecule has 1 amide bonds. The zero-order valence-corrected chi connectivity index (χ0v) is 13.0. The van der Waals surface area contributed by atoms with Gasteiger partial charge in [0, 0.05) is 35.9 Å². The summed E-state index contributed by atoms with van der Waals surface area (Å²) in [6.07, 6.45) is 1.57. The van der Waals surface area contributed by atoms with Crippen molar-refractivity contribution in [2.24, 2.45) is 0 Å². The number of likely N-dealkylation sites (tertiary alicyclic amines) is 1. The Morgan fingerprint density at radius 1 is 1.45 bits per heavy atom. The van der Waals surface area contributed by atoms with E-state index < -0.39 is 0 Å². The molecule has 1 atom stereocenters. The fourth-order valence-corrected chi connectivity index (χ4v) is 2.92. The summed E-state index contributed by atoms with van der Waals surface area (Å²) in [5.41, 5.74) is 3.18. The minimum absolute atomic E-state index is 0.245. The van der Waals surface area contributed by atoms with E-state index in [1.807, 2.05) is 18.2 Å². The highest BCUT2D eigenvalue weighted by Crippen LogP contribution is 2.26. The summed E-state index contributed by atoms with van der Waals surface area (Å²) >= 11 is 0. The van der Waals surface area contributed by atoms with Gasteiger partial charge >= 0.3 is 6.09 Å². The summed E-state index contributed by atoms with van der Waals surface area (Å²) < 4.78 is 4.79. The largest absolute Gasteiger partial charge is 0.453 e. The standard InChI is InChI=1S/C17H21N3O2/c1-3-12-10-16(14-6-4-5-7-15(14)18-12)19-13-8-9-20(11-13)17(21)22-2/h4-7,10,13H,3,8-9,11H2,1-2H3,(H,18,19). The molecule has 2 heterocycles. The number of carbonyl (C=O) groups excluding carboxylic acids is 1. The van der Waals surface area contributed by atoms with Crippen LogP contribution < -0.4 is 5.32 Å². The third-order valence-corrected chi connectivity index (χ3v) is 4.11. The van der Waals surface area contributed by atoms with Gasteiger partial charge in [0.05, 0.1) is 12.6 Å². The second kappa shape index (κ2) is 6.22. The maximum absolute atomic E-state index is 11.6. The van der Waals surface area contributed by atoms with Gasteiger partial charge in [-0.05, 0) is 25.0 Å². The maximum atomic E-state index is 11.6. The number of carbonyl (C=O) groups is 1. The lowest BCUT2D eigenvalue weighted by Gasteiger charge is -2.18. The molecule has 3 rings (SSSR count). The Hall–Kier alpha value is -2.30. The normalized spacial score (nSPS) is 17.7. The van der Waals surface area contributed by atoms with E-state index in [1.54, 1.807) is 4.90 Å². The van der Waals surface area contributed by atoms with E-state index in [1.165, 1.54) is 7.11 Å². The predicted octanol–water partition coefficient (Wildman–Crippen LogP) is 3.05. The first-order valence-electron chi connectivity index (χ1n) is 7.69. The van der Waals surface area contributed by atoms with E-state index in [2.05, 4.69) is 29.4 Å². The number of benzene rings is 1. The van der Waals surface area contributed by atoms with Gasteiger partial charge in [0.1, 0.15) is 0 Å². The highest BCUT2D eigenvalue weighted by Gasteiger charge is 2.27. The third-order valence-electron chi connectivity index (χ3n) is 4.11. The summed E-state index contributed by atoms with van der Waals surface area (Å²) in [7, 11) is 1.42. The van der Waals surface area contributed by atoms with Crippen LogP contribution in [0, 0.1) is 0 Å². The number of nitrogens with zero attached hydrogens (tertiary/aromatic N) is 2. The molecular weight excluding hydrogens is 278 g/mol. The maximum Gasteiger partial charge on any atom is 0.409 e. The zero-order valence-electron chi connectivity index (χ0n) is 13.0. The van der Waals surface area contributed by atoms with Crippen LogP contribution in [0.3, 0.4) is 0 Å². The average molecular weight is 299 g/mol. The van der Waals surface area contributed by atoms with E-state index in [0.717, 1.165) is 41.7 Å². The number of ether oxygens (including phenoxy) is 1. The van der Waals surface area contributed by atoms with E-state index in [-0.39, 0.29) is 12.1 Å². The summed E-state index contributed by atoms with van der Waals surface area (Å²) in [4.78, 5) is 18.0. The molecule has 1 unspecified atom stereocenters. The molecule has 1 saturated heterocycles. The van der Waals surface area contributed by atoms with Crippen LogP contribution in [-0.4, -0.2) is 42.2 Å². The highest BCUT2D eigenvalue weighted by molar-refractivity contribution is 5.91. The number of pyridine rings is 1. The minimum Gasteiger partial charge on any atom is -0.453 e. The SMILES string of the molecule is CCc1cc(NC2CCN(C(=O)OC)C2)c2ccccc2n1. The molecule has 5 heteroatoms. The second-order valence-electron chi connectivity index (χ2n) is 5.58. The highest BCUT2D eigenvalue weighted by atomic mass is 16.5. The van der Waals surface area contributed by atoms with Crippen molar-refractivity contribution in [1.82, 2.24) is 9.88 Å². The number of hydrogen-bond acceptors (Lipinski definition) is 4. The fraction of sp³-hybridized carbons (Fsp3) is 0.412. The van der Waals surface area contributed by atoms with Crippen molar-refractivity contribution in [2.75, 3.05) is 25.5 Å². The first kappa shape index (κ1) is 14.6. The van der Waals surface area contributed by atoms with E-state index in [4.69, 9.17) is 4.74 Å². The monoisotopic (exact) mass is 299 g/mol. The fourth-order valence-electron chi connectivity index (χ4n) is 2.92. The molecule has 5 nitrogen and oxygen atoms in total. The molecule has 1 aliphatic rings. The molecule has 1 aromatic carbocycles. The molecule has 0 saturated carbocycles. The number of aryl methyl sites for hydroxylation is 1. The number of rotatable bonds is 3.